The highest BCUT2D eigenvalue weighted by atomic mass is 35.5. The lowest BCUT2D eigenvalue weighted by atomic mass is 9.55. The van der Waals surface area contributed by atoms with E-state index in [2.05, 4.69) is 5.43 Å². The number of carbonyl (C=O) groups excluding carboxylic acids is 3. The van der Waals surface area contributed by atoms with Gasteiger partial charge < -0.3 is 0 Å². The van der Waals surface area contributed by atoms with Crippen molar-refractivity contribution in [3.05, 3.63) is 106 Å². The SMILES string of the molecule is O=C(NN1C(=O)[C@@H]2C3c4ccccc4C(c4ccccc43)[C@@H]2C1=O)c1ccccc1Cl. The minimum Gasteiger partial charge on any atom is -0.272 e. The van der Waals surface area contributed by atoms with Gasteiger partial charge in [-0.3, -0.25) is 19.8 Å². The van der Waals surface area contributed by atoms with Crippen LogP contribution in [0, 0.1) is 11.8 Å². The average Bonchev–Trinajstić information content (AvgIpc) is 3.05. The highest BCUT2D eigenvalue weighted by Gasteiger charge is 2.62. The molecule has 31 heavy (non-hydrogen) atoms. The first kappa shape index (κ1) is 18.3. The maximum Gasteiger partial charge on any atom is 0.271 e. The molecular weight excluding hydrogens is 412 g/mol. The third kappa shape index (κ3) is 2.41. The van der Waals surface area contributed by atoms with Gasteiger partial charge in [-0.1, -0.05) is 72.3 Å². The number of hydrogen-bond donors (Lipinski definition) is 1. The smallest absolute Gasteiger partial charge is 0.271 e. The molecule has 4 aliphatic rings. The summed E-state index contributed by atoms with van der Waals surface area (Å²) in [6.45, 7) is 0. The first-order chi connectivity index (χ1) is 15.1. The van der Waals surface area contributed by atoms with Gasteiger partial charge in [0.05, 0.1) is 22.4 Å². The number of nitrogens with zero attached hydrogens (tertiary/aromatic N) is 1. The number of amides is 3. The average molecular weight is 429 g/mol. The van der Waals surface area contributed by atoms with E-state index in [1.54, 1.807) is 24.3 Å². The Bertz CT molecular complexity index is 1170. The molecule has 1 aliphatic heterocycles. The van der Waals surface area contributed by atoms with Gasteiger partial charge in [0.1, 0.15) is 0 Å². The fraction of sp³-hybridized carbons (Fsp3) is 0.160. The minimum absolute atomic E-state index is 0.207. The predicted octanol–water partition coefficient (Wildman–Crippen LogP) is 3.88. The molecule has 3 aromatic carbocycles. The van der Waals surface area contributed by atoms with Crippen LogP contribution < -0.4 is 5.43 Å². The van der Waals surface area contributed by atoms with Gasteiger partial charge >= 0.3 is 0 Å². The van der Waals surface area contributed by atoms with Crippen molar-refractivity contribution in [1.82, 2.24) is 10.4 Å². The summed E-state index contributed by atoms with van der Waals surface area (Å²) in [7, 11) is 0. The molecule has 1 N–H and O–H groups in total. The van der Waals surface area contributed by atoms with Crippen LogP contribution in [0.1, 0.15) is 44.4 Å². The third-order valence-electron chi connectivity index (χ3n) is 6.78. The van der Waals surface area contributed by atoms with Crippen LogP contribution in [0.25, 0.3) is 0 Å². The molecule has 0 saturated carbocycles. The van der Waals surface area contributed by atoms with E-state index in [4.69, 9.17) is 11.6 Å². The summed E-state index contributed by atoms with van der Waals surface area (Å²) >= 11 is 6.13. The molecule has 3 aliphatic carbocycles. The third-order valence-corrected chi connectivity index (χ3v) is 7.11. The van der Waals surface area contributed by atoms with Gasteiger partial charge in [-0.25, -0.2) is 0 Å². The van der Waals surface area contributed by atoms with Crippen LogP contribution >= 0.6 is 11.6 Å². The Morgan fingerprint density at radius 1 is 0.710 bits per heavy atom. The number of rotatable bonds is 2. The molecule has 2 bridgehead atoms. The molecule has 0 radical (unpaired) electrons. The van der Waals surface area contributed by atoms with Gasteiger partial charge in [0.15, 0.2) is 0 Å². The summed E-state index contributed by atoms with van der Waals surface area (Å²) in [5, 5.41) is 1.18. The topological polar surface area (TPSA) is 66.5 Å². The van der Waals surface area contributed by atoms with Crippen LogP contribution in [-0.2, 0) is 9.59 Å². The number of hydrazine groups is 1. The van der Waals surface area contributed by atoms with Crippen LogP contribution in [0.4, 0.5) is 0 Å². The minimum atomic E-state index is -0.576. The Balaban J connectivity index is 1.43. The van der Waals surface area contributed by atoms with E-state index in [-0.39, 0.29) is 34.2 Å². The van der Waals surface area contributed by atoms with Crippen molar-refractivity contribution in [2.45, 2.75) is 11.8 Å². The molecule has 1 saturated heterocycles. The molecule has 6 heteroatoms. The van der Waals surface area contributed by atoms with Crippen molar-refractivity contribution in [1.29, 1.82) is 0 Å². The first-order valence-electron chi connectivity index (χ1n) is 10.2. The van der Waals surface area contributed by atoms with Crippen molar-refractivity contribution in [3.8, 4) is 0 Å². The maximum absolute atomic E-state index is 13.5. The zero-order valence-corrected chi connectivity index (χ0v) is 17.0. The summed E-state index contributed by atoms with van der Waals surface area (Å²) in [4.78, 5) is 39.7. The normalized spacial score (nSPS) is 25.1. The van der Waals surface area contributed by atoms with Gasteiger partial charge in [-0.15, -0.1) is 0 Å². The van der Waals surface area contributed by atoms with Crippen molar-refractivity contribution in [2.24, 2.45) is 11.8 Å². The second-order valence-corrected chi connectivity index (χ2v) is 8.60. The number of imide groups is 1. The fourth-order valence-corrected chi connectivity index (χ4v) is 5.82. The van der Waals surface area contributed by atoms with Gasteiger partial charge in [0.25, 0.3) is 17.7 Å². The zero-order chi connectivity index (χ0) is 21.3. The highest BCUT2D eigenvalue weighted by molar-refractivity contribution is 6.33. The highest BCUT2D eigenvalue weighted by Crippen LogP contribution is 2.60. The molecule has 3 aromatic rings. The summed E-state index contributed by atoms with van der Waals surface area (Å²) in [5.74, 6) is -2.79. The van der Waals surface area contributed by atoms with Gasteiger partial charge in [0.2, 0.25) is 0 Å². The van der Waals surface area contributed by atoms with Gasteiger partial charge in [-0.2, -0.15) is 5.01 Å². The predicted molar refractivity (Wildman–Crippen MR) is 114 cm³/mol. The Kier molecular flexibility index (Phi) is 3.86. The largest absolute Gasteiger partial charge is 0.272 e. The molecule has 3 amide bonds. The zero-order valence-electron chi connectivity index (χ0n) is 16.3. The van der Waals surface area contributed by atoms with E-state index in [9.17, 15) is 14.4 Å². The van der Waals surface area contributed by atoms with E-state index in [1.807, 2.05) is 48.5 Å². The lowest BCUT2D eigenvalue weighted by Crippen LogP contribution is -2.46. The van der Waals surface area contributed by atoms with E-state index in [1.165, 1.54) is 0 Å². The van der Waals surface area contributed by atoms with Crippen LogP contribution in [0.3, 0.4) is 0 Å². The standard InChI is InChI=1S/C25H17ClN2O3/c26-18-12-6-5-11-17(18)23(29)27-28-24(30)21-19-13-7-1-2-8-14(13)20(22(21)25(28)31)16-10-4-3-9-15(16)19/h1-12,19-22H,(H,27,29)/t19?,20?,21-,22+. The molecule has 5 nitrogen and oxygen atoms in total. The Morgan fingerprint density at radius 3 is 1.58 bits per heavy atom. The molecule has 152 valence electrons. The quantitative estimate of drug-likeness (QED) is 0.630. The summed E-state index contributed by atoms with van der Waals surface area (Å²) in [6.07, 6.45) is 0. The number of halogens is 1. The summed E-state index contributed by atoms with van der Waals surface area (Å²) in [6, 6.07) is 22.6. The molecule has 1 heterocycles. The Morgan fingerprint density at radius 2 is 1.13 bits per heavy atom. The molecule has 7 rings (SSSR count). The fourth-order valence-electron chi connectivity index (χ4n) is 5.59. The monoisotopic (exact) mass is 428 g/mol. The van der Waals surface area contributed by atoms with Gasteiger partial charge in [0, 0.05) is 11.8 Å². The van der Waals surface area contributed by atoms with E-state index in [0.717, 1.165) is 27.3 Å². The van der Waals surface area contributed by atoms with E-state index >= 15 is 0 Å². The molecular formula is C25H17ClN2O3. The van der Waals surface area contributed by atoms with Crippen LogP contribution in [-0.4, -0.2) is 22.7 Å². The van der Waals surface area contributed by atoms with Crippen molar-refractivity contribution in [2.75, 3.05) is 0 Å². The van der Waals surface area contributed by atoms with Gasteiger partial charge in [-0.05, 0) is 34.4 Å². The number of carbonyl (C=O) groups is 3. The van der Waals surface area contributed by atoms with Crippen molar-refractivity contribution >= 4 is 29.3 Å². The lowest BCUT2D eigenvalue weighted by molar-refractivity contribution is -0.142. The molecule has 0 unspecified atom stereocenters. The number of benzene rings is 3. The Hall–Kier alpha value is -3.44. The molecule has 1 fully saturated rings. The van der Waals surface area contributed by atoms with Crippen LogP contribution in [0.5, 0.6) is 0 Å². The second-order valence-electron chi connectivity index (χ2n) is 8.20. The second kappa shape index (κ2) is 6.53. The first-order valence-corrected chi connectivity index (χ1v) is 10.6. The van der Waals surface area contributed by atoms with Crippen LogP contribution in [0.15, 0.2) is 72.8 Å². The Labute approximate surface area is 183 Å². The maximum atomic E-state index is 13.5. The van der Waals surface area contributed by atoms with Crippen molar-refractivity contribution in [3.63, 3.8) is 0 Å². The summed E-state index contributed by atoms with van der Waals surface area (Å²) in [5.41, 5.74) is 7.10. The molecule has 2 atom stereocenters. The number of nitrogens with one attached hydrogen (secondary N) is 1. The summed E-state index contributed by atoms with van der Waals surface area (Å²) < 4.78 is 0. The van der Waals surface area contributed by atoms with E-state index < -0.39 is 17.7 Å². The van der Waals surface area contributed by atoms with Crippen molar-refractivity contribution < 1.29 is 14.4 Å². The number of hydrogen-bond acceptors (Lipinski definition) is 3. The van der Waals surface area contributed by atoms with E-state index in [0.29, 0.717) is 0 Å². The molecule has 0 aromatic heterocycles. The van der Waals surface area contributed by atoms with Crippen LogP contribution in [0.2, 0.25) is 5.02 Å². The molecule has 0 spiro atoms. The lowest BCUT2D eigenvalue weighted by Gasteiger charge is -2.45.